The van der Waals surface area contributed by atoms with Crippen molar-refractivity contribution in [1.29, 1.82) is 0 Å². The predicted molar refractivity (Wildman–Crippen MR) is 399 cm³/mol. The van der Waals surface area contributed by atoms with Gasteiger partial charge in [0.2, 0.25) is 0 Å². The van der Waals surface area contributed by atoms with E-state index < -0.39 is 106 Å². The molecule has 24 nitrogen and oxygen atoms in total. The van der Waals surface area contributed by atoms with Gasteiger partial charge in [-0.25, -0.2) is 58.2 Å². The van der Waals surface area contributed by atoms with Crippen molar-refractivity contribution in [2.45, 2.75) is 158 Å². The molecule has 6 aliphatic heterocycles. The molecule has 0 fully saturated rings. The summed E-state index contributed by atoms with van der Waals surface area (Å²) in [6, 6.07) is 51.6. The zero-order valence-electron chi connectivity index (χ0n) is 63.4. The van der Waals surface area contributed by atoms with Gasteiger partial charge >= 0.3 is 36.6 Å². The smallest absolute Gasteiger partial charge is 0.422 e. The van der Waals surface area contributed by atoms with Gasteiger partial charge in [0.25, 0.3) is 35.4 Å². The Morgan fingerprint density at radius 2 is 0.296 bits per heavy atom. The fraction of sp³-hybridized carbons (Fsp3) is 0.286. The Morgan fingerprint density at radius 3 is 0.389 bits per heavy atom. The number of carbonyl (C=O) groups is 12. The zero-order valence-corrected chi connectivity index (χ0v) is 63.4. The minimum Gasteiger partial charge on any atom is -0.443 e. The number of benzene rings is 6. The fourth-order valence-electron chi connectivity index (χ4n) is 12.0. The summed E-state index contributed by atoms with van der Waals surface area (Å²) in [5, 5.41) is 0. The summed E-state index contributed by atoms with van der Waals surface area (Å²) in [5.74, 6) is -4.52. The highest BCUT2D eigenvalue weighted by Gasteiger charge is 2.58. The molecule has 0 N–H and O–H groups in total. The first kappa shape index (κ1) is 78.0. The second-order valence-corrected chi connectivity index (χ2v) is 31.3. The maximum absolute atomic E-state index is 13.9. The molecule has 0 atom stereocenters. The topological polar surface area (TPSA) is 280 Å². The SMILES string of the molecule is CC(C)(C)OC(=O)N1C(=O)C2=C(c3ccccc3)N(C(=O)OC(C)(C)C)C(=O)C2=C1c1ccccc1.CC(C)(C)OC(=O)N1C(=O)C2=C(c3ccccc3)N(C(=O)OC(C)(C)C)C(=O)C2=C1c1ccccc1.CC(C)(C)OC(=O)N1C(=O)C2=C(c3ccccc3)N(C(=O)OC(C)(C)C)C(=O)C2=C1c1ccccc1. The third-order valence-corrected chi connectivity index (χ3v) is 15.8. The van der Waals surface area contributed by atoms with E-state index in [4.69, 9.17) is 28.4 Å². The van der Waals surface area contributed by atoms with Crippen LogP contribution in [-0.4, -0.2) is 135 Å². The third kappa shape index (κ3) is 16.3. The monoisotopic (exact) mass is 1460 g/mol. The molecule has 0 aromatic heterocycles. The summed E-state index contributed by atoms with van der Waals surface area (Å²) in [5.41, 5.74) is -2.53. The normalized spacial score (nSPS) is 16.1. The number of amides is 12. The summed E-state index contributed by atoms with van der Waals surface area (Å²) in [6.45, 7) is 30.4. The van der Waals surface area contributed by atoms with Crippen LogP contribution in [-0.2, 0) is 57.2 Å². The Kier molecular flexibility index (Phi) is 21.2. The van der Waals surface area contributed by atoms with Crippen LogP contribution < -0.4 is 0 Å². The van der Waals surface area contributed by atoms with Crippen molar-refractivity contribution in [1.82, 2.24) is 29.4 Å². The molecule has 108 heavy (non-hydrogen) atoms. The summed E-state index contributed by atoms with van der Waals surface area (Å²) < 4.78 is 33.1. The Balaban J connectivity index is 0.000000173. The largest absolute Gasteiger partial charge is 0.443 e. The highest BCUT2D eigenvalue weighted by Crippen LogP contribution is 2.51. The molecule has 558 valence electrons. The quantitative estimate of drug-likeness (QED) is 0.140. The van der Waals surface area contributed by atoms with Gasteiger partial charge in [-0.15, -0.1) is 0 Å². The van der Waals surface area contributed by atoms with Gasteiger partial charge in [0.1, 0.15) is 33.6 Å². The number of rotatable bonds is 6. The maximum Gasteiger partial charge on any atom is 0.422 e. The van der Waals surface area contributed by atoms with Gasteiger partial charge < -0.3 is 28.4 Å². The summed E-state index contributed by atoms with van der Waals surface area (Å²) in [4.78, 5) is 168. The molecule has 12 rings (SSSR count). The number of nitrogens with zero attached hydrogens (tertiary/aromatic N) is 6. The Bertz CT molecular complexity index is 4120. The molecular weight excluding hydrogens is 1380 g/mol. The first-order valence-electron chi connectivity index (χ1n) is 34.6. The molecule has 0 radical (unpaired) electrons. The Morgan fingerprint density at radius 1 is 0.194 bits per heavy atom. The molecule has 0 aliphatic carbocycles. The molecule has 0 bridgehead atoms. The van der Waals surface area contributed by atoms with Crippen LogP contribution in [0, 0.1) is 0 Å². The van der Waals surface area contributed by atoms with Gasteiger partial charge in [0, 0.05) is 0 Å². The van der Waals surface area contributed by atoms with E-state index >= 15 is 0 Å². The van der Waals surface area contributed by atoms with E-state index in [1.54, 1.807) is 307 Å². The molecule has 12 amide bonds. The number of hydrogen-bond acceptors (Lipinski definition) is 18. The average molecular weight is 1470 g/mol. The van der Waals surface area contributed by atoms with Crippen LogP contribution in [0.15, 0.2) is 215 Å². The second-order valence-electron chi connectivity index (χ2n) is 31.3. The van der Waals surface area contributed by atoms with Gasteiger partial charge in [-0.1, -0.05) is 182 Å². The van der Waals surface area contributed by atoms with E-state index in [1.807, 2.05) is 0 Å². The molecule has 6 aliphatic rings. The van der Waals surface area contributed by atoms with Crippen LogP contribution in [0.4, 0.5) is 28.8 Å². The third-order valence-electron chi connectivity index (χ3n) is 15.8. The van der Waals surface area contributed by atoms with Crippen molar-refractivity contribution in [2.75, 3.05) is 0 Å². The van der Waals surface area contributed by atoms with E-state index in [-0.39, 0.29) is 67.6 Å². The van der Waals surface area contributed by atoms with Crippen LogP contribution in [0.3, 0.4) is 0 Å². The number of imide groups is 6. The lowest BCUT2D eigenvalue weighted by Gasteiger charge is -2.27. The van der Waals surface area contributed by atoms with E-state index in [0.717, 1.165) is 29.4 Å². The number of ether oxygens (including phenoxy) is 6. The number of hydrogen-bond donors (Lipinski definition) is 0. The summed E-state index contributed by atoms with van der Waals surface area (Å²) in [7, 11) is 0. The van der Waals surface area contributed by atoms with Crippen LogP contribution in [0.25, 0.3) is 34.2 Å². The van der Waals surface area contributed by atoms with E-state index in [0.29, 0.717) is 33.4 Å². The summed E-state index contributed by atoms with van der Waals surface area (Å²) in [6.07, 6.45) is -5.47. The van der Waals surface area contributed by atoms with Gasteiger partial charge in [-0.2, -0.15) is 0 Å². The molecule has 0 unspecified atom stereocenters. The van der Waals surface area contributed by atoms with E-state index in [2.05, 4.69) is 0 Å². The first-order valence-corrected chi connectivity index (χ1v) is 34.6. The first-order chi connectivity index (χ1) is 50.4. The number of fused-ring (bicyclic) bond motifs is 3. The Labute approximate surface area is 625 Å². The van der Waals surface area contributed by atoms with Crippen LogP contribution in [0.1, 0.15) is 158 Å². The molecule has 24 heteroatoms. The molecule has 0 saturated carbocycles. The minimum absolute atomic E-state index is 0.0539. The zero-order chi connectivity index (χ0) is 79.2. The van der Waals surface area contributed by atoms with Crippen molar-refractivity contribution in [3.8, 4) is 0 Å². The van der Waals surface area contributed by atoms with Gasteiger partial charge in [0.05, 0.1) is 67.6 Å². The Hall–Kier alpha value is -12.6. The number of carbonyl (C=O) groups excluding carboxylic acids is 12. The fourth-order valence-corrected chi connectivity index (χ4v) is 12.0. The molecule has 0 saturated heterocycles. The molecule has 6 heterocycles. The standard InChI is InChI=1S/3C28H28N2O6/c3*1-27(2,3)35-25(33)29-21(17-13-9-7-10-14-17)19-20(23(29)31)22(18-15-11-8-12-16-18)30(24(19)32)26(34)36-28(4,5)6/h3*7-16H,1-6H3. The highest BCUT2D eigenvalue weighted by atomic mass is 16.6. The highest BCUT2D eigenvalue weighted by molar-refractivity contribution is 6.38. The lowest BCUT2D eigenvalue weighted by atomic mass is 10.0. The van der Waals surface area contributed by atoms with Gasteiger partial charge in [-0.3, -0.25) is 28.8 Å². The van der Waals surface area contributed by atoms with Crippen LogP contribution in [0.5, 0.6) is 0 Å². The van der Waals surface area contributed by atoms with Crippen molar-refractivity contribution in [3.05, 3.63) is 249 Å². The lowest BCUT2D eigenvalue weighted by molar-refractivity contribution is -0.123. The molecular formula is C84H84N6O18. The predicted octanol–water partition coefficient (Wildman–Crippen LogP) is 16.1. The molecule has 0 spiro atoms. The lowest BCUT2D eigenvalue weighted by Crippen LogP contribution is -2.40. The average Bonchev–Trinajstić information content (AvgIpc) is 1.57. The van der Waals surface area contributed by atoms with Crippen LogP contribution in [0.2, 0.25) is 0 Å². The van der Waals surface area contributed by atoms with Crippen molar-refractivity contribution < 1.29 is 86.0 Å². The maximum atomic E-state index is 13.9. The molecule has 6 aromatic carbocycles. The van der Waals surface area contributed by atoms with Crippen molar-refractivity contribution in [3.63, 3.8) is 0 Å². The minimum atomic E-state index is -0.912. The summed E-state index contributed by atoms with van der Waals surface area (Å²) >= 11 is 0. The molecule has 6 aromatic rings. The van der Waals surface area contributed by atoms with Gasteiger partial charge in [0.15, 0.2) is 0 Å². The van der Waals surface area contributed by atoms with Crippen molar-refractivity contribution >= 4 is 106 Å². The van der Waals surface area contributed by atoms with Gasteiger partial charge in [-0.05, 0) is 158 Å². The van der Waals surface area contributed by atoms with Crippen LogP contribution >= 0.6 is 0 Å². The van der Waals surface area contributed by atoms with E-state index in [9.17, 15) is 57.5 Å². The second kappa shape index (κ2) is 29.4. The van der Waals surface area contributed by atoms with E-state index in [1.165, 1.54) is 0 Å². The van der Waals surface area contributed by atoms with Crippen molar-refractivity contribution in [2.24, 2.45) is 0 Å².